The van der Waals surface area contributed by atoms with E-state index in [-0.39, 0.29) is 6.04 Å². The standard InChI is InChI=1S/C18H21Cl2N3/c1-12(2)23(16-7-5-6-14(19)10-16)22-13(3)17-11-15(20)8-9-18(17)21-4/h5-12,21H,1-4H3/b22-13-. The van der Waals surface area contributed by atoms with Crippen LogP contribution in [-0.4, -0.2) is 18.8 Å². The molecule has 5 heteroatoms. The van der Waals surface area contributed by atoms with Gasteiger partial charge in [0.15, 0.2) is 0 Å². The SMILES string of the molecule is CNc1ccc(Cl)cc1/C(C)=N\N(c1cccc(Cl)c1)C(C)C. The third-order valence-electron chi connectivity index (χ3n) is 3.46. The fraction of sp³-hybridized carbons (Fsp3) is 0.278. The number of hydrogen-bond donors (Lipinski definition) is 1. The van der Waals surface area contributed by atoms with Crippen LogP contribution in [-0.2, 0) is 0 Å². The van der Waals surface area contributed by atoms with Crippen LogP contribution in [0.4, 0.5) is 11.4 Å². The lowest BCUT2D eigenvalue weighted by Crippen LogP contribution is -2.26. The summed E-state index contributed by atoms with van der Waals surface area (Å²) in [4.78, 5) is 0. The van der Waals surface area contributed by atoms with Crippen LogP contribution < -0.4 is 10.3 Å². The highest BCUT2D eigenvalue weighted by Gasteiger charge is 2.13. The van der Waals surface area contributed by atoms with Crippen LogP contribution in [0.5, 0.6) is 0 Å². The quantitative estimate of drug-likeness (QED) is 0.555. The Morgan fingerprint density at radius 3 is 2.39 bits per heavy atom. The molecule has 2 rings (SSSR count). The first-order valence-corrected chi connectivity index (χ1v) is 8.25. The molecule has 0 aliphatic heterocycles. The molecule has 0 atom stereocenters. The summed E-state index contributed by atoms with van der Waals surface area (Å²) in [5.41, 5.74) is 3.81. The molecule has 0 fully saturated rings. The number of rotatable bonds is 5. The third-order valence-corrected chi connectivity index (χ3v) is 3.93. The number of anilines is 2. The zero-order valence-electron chi connectivity index (χ0n) is 13.8. The van der Waals surface area contributed by atoms with E-state index in [2.05, 4.69) is 19.2 Å². The number of nitrogens with zero attached hydrogens (tertiary/aromatic N) is 2. The number of benzene rings is 2. The van der Waals surface area contributed by atoms with Crippen LogP contribution in [0.1, 0.15) is 26.3 Å². The maximum atomic E-state index is 6.14. The van der Waals surface area contributed by atoms with Gasteiger partial charge in [-0.15, -0.1) is 0 Å². The van der Waals surface area contributed by atoms with Gasteiger partial charge in [0, 0.05) is 34.4 Å². The molecule has 0 heterocycles. The van der Waals surface area contributed by atoms with Gasteiger partial charge in [-0.2, -0.15) is 5.10 Å². The highest BCUT2D eigenvalue weighted by Crippen LogP contribution is 2.25. The third kappa shape index (κ3) is 4.40. The molecule has 0 bridgehead atoms. The summed E-state index contributed by atoms with van der Waals surface area (Å²) < 4.78 is 0. The summed E-state index contributed by atoms with van der Waals surface area (Å²) >= 11 is 12.3. The summed E-state index contributed by atoms with van der Waals surface area (Å²) in [6, 6.07) is 13.6. The summed E-state index contributed by atoms with van der Waals surface area (Å²) in [5, 5.41) is 11.3. The summed E-state index contributed by atoms with van der Waals surface area (Å²) in [6.45, 7) is 6.16. The highest BCUT2D eigenvalue weighted by molar-refractivity contribution is 6.31. The molecule has 0 aliphatic rings. The van der Waals surface area contributed by atoms with E-state index in [4.69, 9.17) is 28.3 Å². The Labute approximate surface area is 147 Å². The number of hydrazone groups is 1. The largest absolute Gasteiger partial charge is 0.388 e. The van der Waals surface area contributed by atoms with Crippen molar-refractivity contribution in [3.05, 3.63) is 58.1 Å². The van der Waals surface area contributed by atoms with Crippen LogP contribution in [0, 0.1) is 0 Å². The molecule has 0 amide bonds. The molecule has 122 valence electrons. The lowest BCUT2D eigenvalue weighted by Gasteiger charge is -2.25. The monoisotopic (exact) mass is 349 g/mol. The van der Waals surface area contributed by atoms with Crippen molar-refractivity contribution in [2.24, 2.45) is 5.10 Å². The summed E-state index contributed by atoms with van der Waals surface area (Å²) in [7, 11) is 1.89. The molecule has 0 saturated carbocycles. The molecule has 0 saturated heterocycles. The molecule has 2 aromatic carbocycles. The van der Waals surface area contributed by atoms with Gasteiger partial charge in [0.1, 0.15) is 0 Å². The lowest BCUT2D eigenvalue weighted by atomic mass is 10.1. The van der Waals surface area contributed by atoms with Crippen LogP contribution >= 0.6 is 23.2 Å². The second kappa shape index (κ2) is 7.71. The minimum Gasteiger partial charge on any atom is -0.388 e. The molecular weight excluding hydrogens is 329 g/mol. The number of halogens is 2. The molecule has 0 unspecified atom stereocenters. The lowest BCUT2D eigenvalue weighted by molar-refractivity contribution is 0.713. The molecule has 0 radical (unpaired) electrons. The van der Waals surface area contributed by atoms with E-state index >= 15 is 0 Å². The maximum Gasteiger partial charge on any atom is 0.0672 e. The van der Waals surface area contributed by atoms with Crippen LogP contribution in [0.2, 0.25) is 10.0 Å². The molecule has 3 nitrogen and oxygen atoms in total. The number of hydrogen-bond acceptors (Lipinski definition) is 3. The topological polar surface area (TPSA) is 27.6 Å². The Morgan fingerprint density at radius 2 is 1.78 bits per heavy atom. The van der Waals surface area contributed by atoms with Crippen LogP contribution in [0.25, 0.3) is 0 Å². The Bertz CT molecular complexity index is 711. The van der Waals surface area contributed by atoms with Gasteiger partial charge in [-0.25, -0.2) is 0 Å². The molecule has 0 spiro atoms. The van der Waals surface area contributed by atoms with Gasteiger partial charge >= 0.3 is 0 Å². The van der Waals surface area contributed by atoms with Gasteiger partial charge in [-0.1, -0.05) is 29.3 Å². The Balaban J connectivity index is 2.46. The van der Waals surface area contributed by atoms with Crippen molar-refractivity contribution in [3.8, 4) is 0 Å². The fourth-order valence-corrected chi connectivity index (χ4v) is 2.70. The minimum atomic E-state index is 0.195. The maximum absolute atomic E-state index is 6.14. The van der Waals surface area contributed by atoms with Crippen molar-refractivity contribution in [3.63, 3.8) is 0 Å². The predicted octanol–water partition coefficient (Wildman–Crippen LogP) is 5.67. The van der Waals surface area contributed by atoms with Crippen LogP contribution in [0.15, 0.2) is 47.6 Å². The van der Waals surface area contributed by atoms with E-state index in [0.717, 1.165) is 22.6 Å². The Kier molecular flexibility index (Phi) is 5.91. The van der Waals surface area contributed by atoms with E-state index in [1.165, 1.54) is 0 Å². The predicted molar refractivity (Wildman–Crippen MR) is 102 cm³/mol. The summed E-state index contributed by atoms with van der Waals surface area (Å²) in [5.74, 6) is 0. The van der Waals surface area contributed by atoms with E-state index in [0.29, 0.717) is 10.0 Å². The molecule has 1 N–H and O–H groups in total. The van der Waals surface area contributed by atoms with Gasteiger partial charge in [0.2, 0.25) is 0 Å². The normalized spacial score (nSPS) is 11.7. The first kappa shape index (κ1) is 17.6. The van der Waals surface area contributed by atoms with Crippen molar-refractivity contribution in [2.45, 2.75) is 26.8 Å². The average Bonchev–Trinajstić information content (AvgIpc) is 2.52. The van der Waals surface area contributed by atoms with E-state index in [1.54, 1.807) is 0 Å². The molecule has 0 aliphatic carbocycles. The highest BCUT2D eigenvalue weighted by atomic mass is 35.5. The molecule has 2 aromatic rings. The van der Waals surface area contributed by atoms with Crippen molar-refractivity contribution >= 4 is 40.3 Å². The Hall–Kier alpha value is -1.71. The Morgan fingerprint density at radius 1 is 1.09 bits per heavy atom. The van der Waals surface area contributed by atoms with Gasteiger partial charge in [-0.3, -0.25) is 5.01 Å². The first-order chi connectivity index (χ1) is 10.9. The van der Waals surface area contributed by atoms with E-state index in [9.17, 15) is 0 Å². The van der Waals surface area contributed by atoms with Crippen molar-refractivity contribution in [1.82, 2.24) is 0 Å². The average molecular weight is 350 g/mol. The van der Waals surface area contributed by atoms with Gasteiger partial charge in [0.05, 0.1) is 11.4 Å². The zero-order valence-corrected chi connectivity index (χ0v) is 15.3. The summed E-state index contributed by atoms with van der Waals surface area (Å²) in [6.07, 6.45) is 0. The van der Waals surface area contributed by atoms with E-state index < -0.39 is 0 Å². The first-order valence-electron chi connectivity index (χ1n) is 7.50. The van der Waals surface area contributed by atoms with E-state index in [1.807, 2.05) is 61.4 Å². The van der Waals surface area contributed by atoms with Crippen LogP contribution in [0.3, 0.4) is 0 Å². The fourth-order valence-electron chi connectivity index (χ4n) is 2.34. The molecule has 0 aromatic heterocycles. The van der Waals surface area contributed by atoms with Gasteiger partial charge < -0.3 is 5.32 Å². The minimum absolute atomic E-state index is 0.195. The molecule has 23 heavy (non-hydrogen) atoms. The van der Waals surface area contributed by atoms with Gasteiger partial charge in [0.25, 0.3) is 0 Å². The second-order valence-electron chi connectivity index (χ2n) is 5.54. The van der Waals surface area contributed by atoms with Crippen molar-refractivity contribution < 1.29 is 0 Å². The molecular formula is C18H21Cl2N3. The second-order valence-corrected chi connectivity index (χ2v) is 6.42. The zero-order chi connectivity index (χ0) is 17.0. The smallest absolute Gasteiger partial charge is 0.0672 e. The van der Waals surface area contributed by atoms with Crippen molar-refractivity contribution in [1.29, 1.82) is 0 Å². The number of nitrogens with one attached hydrogen (secondary N) is 1. The van der Waals surface area contributed by atoms with Crippen molar-refractivity contribution in [2.75, 3.05) is 17.4 Å². The van der Waals surface area contributed by atoms with Gasteiger partial charge in [-0.05, 0) is 57.2 Å².